The molecular formula is C101H57N5. The number of nitriles is 2. The van der Waals surface area contributed by atoms with Crippen LogP contribution in [0.3, 0.4) is 0 Å². The Labute approximate surface area is 608 Å². The molecule has 0 aliphatic heterocycles. The van der Waals surface area contributed by atoms with Crippen LogP contribution in [0.15, 0.2) is 346 Å². The SMILES string of the molecule is N#Cc1ccc2c3c1ccc1c(-c4cccc(-c5cc6ccc7cc(-c8cccnc8)cc8ccc(c5)c6c78)c4)ccc(c13)n2-c1ccccc1.N#Cc1ccc2c3c1ccc1cc(-c4ccc(-c5cc6ccc7cc(-c8ccc9ccccc9c8)cc8ccc(c5)c6c78)cc4)cc(c13)n2-c1ccccc1. The Morgan fingerprint density at radius 3 is 1.10 bits per heavy atom. The highest BCUT2D eigenvalue weighted by Gasteiger charge is 2.24. The van der Waals surface area contributed by atoms with Gasteiger partial charge in [0.1, 0.15) is 0 Å². The van der Waals surface area contributed by atoms with Crippen molar-refractivity contribution in [3.63, 3.8) is 0 Å². The summed E-state index contributed by atoms with van der Waals surface area (Å²) in [5.41, 5.74) is 22.4. The van der Waals surface area contributed by atoms with E-state index in [0.29, 0.717) is 11.1 Å². The van der Waals surface area contributed by atoms with E-state index in [1.165, 1.54) is 158 Å². The third-order valence-electron chi connectivity index (χ3n) is 22.6. The van der Waals surface area contributed by atoms with Gasteiger partial charge in [-0.1, -0.05) is 200 Å². The van der Waals surface area contributed by atoms with Crippen molar-refractivity contribution in [3.05, 3.63) is 357 Å². The maximum absolute atomic E-state index is 10.0. The molecule has 0 saturated carbocycles. The molecular weight excluding hydrogens is 1280 g/mol. The number of rotatable bonds is 8. The first-order valence-corrected chi connectivity index (χ1v) is 36.0. The van der Waals surface area contributed by atoms with Crippen molar-refractivity contribution in [3.8, 4) is 90.3 Å². The smallest absolute Gasteiger partial charge is 0.0998 e. The summed E-state index contributed by atoms with van der Waals surface area (Å²) in [6.45, 7) is 0. The lowest BCUT2D eigenvalue weighted by Crippen LogP contribution is -1.93. The highest BCUT2D eigenvalue weighted by molar-refractivity contribution is 6.30. The molecule has 0 unspecified atom stereocenters. The fourth-order valence-electron chi connectivity index (χ4n) is 17.8. The highest BCUT2D eigenvalue weighted by atomic mass is 15.0. The van der Waals surface area contributed by atoms with Gasteiger partial charge in [-0.15, -0.1) is 0 Å². The molecule has 0 spiro atoms. The van der Waals surface area contributed by atoms with E-state index in [2.05, 4.69) is 336 Å². The van der Waals surface area contributed by atoms with Crippen LogP contribution in [0.2, 0.25) is 0 Å². The number of hydrogen-bond acceptors (Lipinski definition) is 3. The normalized spacial score (nSPS) is 11.9. The summed E-state index contributed by atoms with van der Waals surface area (Å²) < 4.78 is 4.67. The second kappa shape index (κ2) is 23.0. The summed E-state index contributed by atoms with van der Waals surface area (Å²) in [7, 11) is 0. The van der Waals surface area contributed by atoms with Crippen molar-refractivity contribution in [2.24, 2.45) is 0 Å². The molecule has 5 nitrogen and oxygen atoms in total. The summed E-state index contributed by atoms with van der Waals surface area (Å²) in [4.78, 5) is 4.35. The van der Waals surface area contributed by atoms with Crippen LogP contribution in [0, 0.1) is 22.7 Å². The second-order valence-electron chi connectivity index (χ2n) is 28.4. The zero-order valence-corrected chi connectivity index (χ0v) is 57.1. The van der Waals surface area contributed by atoms with E-state index >= 15 is 0 Å². The second-order valence-corrected chi connectivity index (χ2v) is 28.4. The van der Waals surface area contributed by atoms with Gasteiger partial charge in [-0.2, -0.15) is 10.5 Å². The van der Waals surface area contributed by atoms with Crippen molar-refractivity contribution in [2.45, 2.75) is 0 Å². The van der Waals surface area contributed by atoms with Crippen LogP contribution in [0.4, 0.5) is 0 Å². The van der Waals surface area contributed by atoms with Gasteiger partial charge >= 0.3 is 0 Å². The van der Waals surface area contributed by atoms with Gasteiger partial charge in [-0.05, 0) is 281 Å². The number of nitrogens with zero attached hydrogens (tertiary/aromatic N) is 5. The topological polar surface area (TPSA) is 70.3 Å². The third kappa shape index (κ3) is 9.04. The third-order valence-corrected chi connectivity index (χ3v) is 22.6. The minimum atomic E-state index is 0.701. The van der Waals surface area contributed by atoms with Crippen LogP contribution in [-0.2, 0) is 0 Å². The number of fused-ring (bicyclic) bond motifs is 1. The molecule has 0 bridgehead atoms. The van der Waals surface area contributed by atoms with Gasteiger partial charge in [-0.25, -0.2) is 0 Å². The van der Waals surface area contributed by atoms with E-state index in [4.69, 9.17) is 0 Å². The molecule has 0 aliphatic carbocycles. The standard InChI is InChI=1S/C53H30N2.C48H27N3/c54-31-42-21-23-48-53-47(42)22-20-41-29-45(30-49(52(41)53)55(48)46-8-2-1-3-9-46)34-12-10-33(11-13-34)43-25-37-16-18-39-27-44(28-40-19-17-38(26-43)50(37)51(39)40)36-15-14-32-6-4-5-7-35(32)24-36;49-27-35-15-19-43-47-41(35)16-17-42-40(18-20-44(48(42)47)51(43)39-9-2-1-3-10-39)30-7-4-6-29(22-30)37-23-31-11-13-33-25-38(36-8-5-21-50-28-36)26-34-14-12-32(24-37)45(31)46(33)34/h1-30H;1-26,28H. The summed E-state index contributed by atoms with van der Waals surface area (Å²) in [6.07, 6.45) is 3.75. The molecule has 0 amide bonds. The predicted octanol–water partition coefficient (Wildman–Crippen LogP) is 26.8. The first-order chi connectivity index (χ1) is 52.4. The molecule has 486 valence electrons. The minimum Gasteiger partial charge on any atom is -0.309 e. The Morgan fingerprint density at radius 1 is 0.217 bits per heavy atom. The summed E-state index contributed by atoms with van der Waals surface area (Å²) in [5.74, 6) is 0. The molecule has 106 heavy (non-hydrogen) atoms. The quantitative estimate of drug-likeness (QED) is 0.142. The van der Waals surface area contributed by atoms with E-state index in [9.17, 15) is 10.5 Å². The number of aromatic nitrogens is 3. The molecule has 20 aromatic carbocycles. The van der Waals surface area contributed by atoms with Crippen molar-refractivity contribution < 1.29 is 0 Å². The summed E-state index contributed by atoms with van der Waals surface area (Å²) >= 11 is 0. The van der Waals surface area contributed by atoms with E-state index in [1.54, 1.807) is 0 Å². The minimum absolute atomic E-state index is 0.701. The average molecular weight is 1340 g/mol. The van der Waals surface area contributed by atoms with Crippen LogP contribution in [0.25, 0.3) is 219 Å². The Morgan fingerprint density at radius 2 is 0.585 bits per heavy atom. The molecule has 23 rings (SSSR count). The Kier molecular flexibility index (Phi) is 12.9. The molecule has 0 saturated heterocycles. The first kappa shape index (κ1) is 59.2. The zero-order valence-electron chi connectivity index (χ0n) is 57.1. The first-order valence-electron chi connectivity index (χ1n) is 36.0. The van der Waals surface area contributed by atoms with E-state index in [-0.39, 0.29) is 0 Å². The van der Waals surface area contributed by atoms with E-state index in [0.717, 1.165) is 60.5 Å². The highest BCUT2D eigenvalue weighted by Crippen LogP contribution is 2.48. The number of benzene rings is 20. The Bertz CT molecular complexity index is 7490. The molecule has 0 aliphatic rings. The van der Waals surface area contributed by atoms with Crippen molar-refractivity contribution in [1.82, 2.24) is 14.1 Å². The van der Waals surface area contributed by atoms with E-state index < -0.39 is 0 Å². The van der Waals surface area contributed by atoms with Crippen LogP contribution in [0.1, 0.15) is 11.1 Å². The number of hydrogen-bond donors (Lipinski definition) is 0. The number of para-hydroxylation sites is 2. The lowest BCUT2D eigenvalue weighted by Gasteiger charge is -2.15. The number of pyridine rings is 1. The van der Waals surface area contributed by atoms with Crippen molar-refractivity contribution in [1.29, 1.82) is 10.5 Å². The van der Waals surface area contributed by atoms with Gasteiger partial charge in [0, 0.05) is 61.6 Å². The van der Waals surface area contributed by atoms with Gasteiger partial charge in [0.25, 0.3) is 0 Å². The lowest BCUT2D eigenvalue weighted by molar-refractivity contribution is 1.18. The van der Waals surface area contributed by atoms with Crippen LogP contribution >= 0.6 is 0 Å². The van der Waals surface area contributed by atoms with Gasteiger partial charge in [0.05, 0.1) is 45.3 Å². The fraction of sp³-hybridized carbons (Fsp3) is 0. The lowest BCUT2D eigenvalue weighted by atomic mass is 9.89. The zero-order chi connectivity index (χ0) is 69.8. The van der Waals surface area contributed by atoms with Gasteiger partial charge in [0.2, 0.25) is 0 Å². The van der Waals surface area contributed by atoms with Crippen LogP contribution in [0.5, 0.6) is 0 Å². The molecule has 0 N–H and O–H groups in total. The maximum Gasteiger partial charge on any atom is 0.0998 e. The molecule has 0 radical (unpaired) electrons. The summed E-state index contributed by atoms with van der Waals surface area (Å²) in [5, 5.41) is 46.8. The predicted molar refractivity (Wildman–Crippen MR) is 444 cm³/mol. The average Bonchev–Trinajstić information content (AvgIpc) is 1.48. The maximum atomic E-state index is 10.0. The summed E-state index contributed by atoms with van der Waals surface area (Å²) in [6, 6.07) is 126. The van der Waals surface area contributed by atoms with Crippen molar-refractivity contribution in [2.75, 3.05) is 0 Å². The molecule has 0 fully saturated rings. The Hall–Kier alpha value is -14.5. The molecule has 23 aromatic rings. The molecule has 3 heterocycles. The Balaban J connectivity index is 0.000000133. The largest absolute Gasteiger partial charge is 0.309 e. The molecule has 3 aromatic heterocycles. The van der Waals surface area contributed by atoms with Crippen LogP contribution < -0.4 is 0 Å². The van der Waals surface area contributed by atoms with Gasteiger partial charge in [0.15, 0.2) is 0 Å². The molecule has 0 atom stereocenters. The van der Waals surface area contributed by atoms with E-state index in [1.807, 2.05) is 36.7 Å². The van der Waals surface area contributed by atoms with Gasteiger partial charge < -0.3 is 9.13 Å². The van der Waals surface area contributed by atoms with Gasteiger partial charge in [-0.3, -0.25) is 4.98 Å². The monoisotopic (exact) mass is 1340 g/mol. The van der Waals surface area contributed by atoms with Crippen molar-refractivity contribution >= 4 is 141 Å². The fourth-order valence-corrected chi connectivity index (χ4v) is 17.8. The molecule has 5 heteroatoms. The van der Waals surface area contributed by atoms with Crippen LogP contribution in [-0.4, -0.2) is 14.1 Å².